The van der Waals surface area contributed by atoms with Crippen molar-refractivity contribution in [3.63, 3.8) is 0 Å². The van der Waals surface area contributed by atoms with E-state index in [2.05, 4.69) is 0 Å². The summed E-state index contributed by atoms with van der Waals surface area (Å²) in [6, 6.07) is -0.0218. The monoisotopic (exact) mass is 240 g/mol. The van der Waals surface area contributed by atoms with E-state index in [0.717, 1.165) is 32.2 Å². The van der Waals surface area contributed by atoms with E-state index in [4.69, 9.17) is 5.73 Å². The molecule has 1 saturated heterocycles. The van der Waals surface area contributed by atoms with Gasteiger partial charge in [0, 0.05) is 19.1 Å². The molecule has 4 nitrogen and oxygen atoms in total. The first-order valence-electron chi connectivity index (χ1n) is 6.68. The number of aliphatic hydroxyl groups excluding tert-OH is 1. The van der Waals surface area contributed by atoms with Crippen LogP contribution in [0.25, 0.3) is 0 Å². The number of rotatable bonds is 1. The number of β-amino-alcohol motifs (C(OH)–C–C–N with tert-alkyl or cyclic N) is 1. The molecule has 1 heterocycles. The number of aliphatic hydroxyl groups is 1. The normalized spacial score (nSPS) is 42.8. The summed E-state index contributed by atoms with van der Waals surface area (Å²) in [5, 5.41) is 9.86. The lowest BCUT2D eigenvalue weighted by atomic mass is 9.82. The van der Waals surface area contributed by atoms with Gasteiger partial charge in [-0.3, -0.25) is 4.79 Å². The number of carbonyl (C=O) groups is 1. The van der Waals surface area contributed by atoms with Gasteiger partial charge in [-0.05, 0) is 32.1 Å². The van der Waals surface area contributed by atoms with Gasteiger partial charge in [0.05, 0.1) is 11.5 Å². The van der Waals surface area contributed by atoms with E-state index in [0.29, 0.717) is 12.5 Å². The predicted octanol–water partition coefficient (Wildman–Crippen LogP) is 0.733. The fraction of sp³-hybridized carbons (Fsp3) is 0.923. The van der Waals surface area contributed by atoms with Gasteiger partial charge < -0.3 is 15.7 Å². The average molecular weight is 240 g/mol. The standard InChI is InChI=1S/C13H24N2O2/c1-9-5-7-15(8-10(9)16)12(17)13(2)6-3-4-11(13)14/h9-11,16H,3-8,14H2,1-2H3. The molecule has 0 radical (unpaired) electrons. The molecule has 17 heavy (non-hydrogen) atoms. The highest BCUT2D eigenvalue weighted by Crippen LogP contribution is 2.39. The molecule has 1 saturated carbocycles. The summed E-state index contributed by atoms with van der Waals surface area (Å²) in [5.41, 5.74) is 5.67. The van der Waals surface area contributed by atoms with E-state index < -0.39 is 5.41 Å². The minimum Gasteiger partial charge on any atom is -0.391 e. The second-order valence-corrected chi connectivity index (χ2v) is 6.00. The topological polar surface area (TPSA) is 66.6 Å². The maximum atomic E-state index is 12.5. The fourth-order valence-electron chi connectivity index (χ4n) is 3.05. The quantitative estimate of drug-likeness (QED) is 0.710. The van der Waals surface area contributed by atoms with E-state index in [-0.39, 0.29) is 18.1 Å². The molecular formula is C13H24N2O2. The number of nitrogens with zero attached hydrogens (tertiary/aromatic N) is 1. The second kappa shape index (κ2) is 4.58. The van der Waals surface area contributed by atoms with Crippen LogP contribution in [-0.2, 0) is 4.79 Å². The Kier molecular flexibility index (Phi) is 3.46. The van der Waals surface area contributed by atoms with Gasteiger partial charge in [0.15, 0.2) is 0 Å². The molecule has 0 aromatic heterocycles. The Morgan fingerprint density at radius 2 is 2.18 bits per heavy atom. The molecule has 2 fully saturated rings. The van der Waals surface area contributed by atoms with Crippen molar-refractivity contribution in [3.8, 4) is 0 Å². The van der Waals surface area contributed by atoms with Crippen LogP contribution in [0.2, 0.25) is 0 Å². The van der Waals surface area contributed by atoms with Gasteiger partial charge in [0.25, 0.3) is 0 Å². The van der Waals surface area contributed by atoms with Crippen LogP contribution in [0.3, 0.4) is 0 Å². The van der Waals surface area contributed by atoms with Crippen molar-refractivity contribution in [3.05, 3.63) is 0 Å². The zero-order chi connectivity index (χ0) is 12.6. The summed E-state index contributed by atoms with van der Waals surface area (Å²) in [6.07, 6.45) is 3.37. The summed E-state index contributed by atoms with van der Waals surface area (Å²) in [6.45, 7) is 5.26. The Hall–Kier alpha value is -0.610. The highest BCUT2D eigenvalue weighted by atomic mass is 16.3. The first-order valence-corrected chi connectivity index (χ1v) is 6.68. The third kappa shape index (κ3) is 2.20. The first-order chi connectivity index (χ1) is 7.95. The van der Waals surface area contributed by atoms with Crippen molar-refractivity contribution in [1.29, 1.82) is 0 Å². The van der Waals surface area contributed by atoms with Crippen LogP contribution in [-0.4, -0.2) is 41.1 Å². The van der Waals surface area contributed by atoms with Crippen LogP contribution < -0.4 is 5.73 Å². The van der Waals surface area contributed by atoms with Crippen LogP contribution in [0.1, 0.15) is 39.5 Å². The SMILES string of the molecule is CC1CCN(C(=O)C2(C)CCCC2N)CC1O. The molecule has 0 aromatic carbocycles. The largest absolute Gasteiger partial charge is 0.391 e. The van der Waals surface area contributed by atoms with Gasteiger partial charge in [-0.1, -0.05) is 13.3 Å². The molecule has 4 unspecified atom stereocenters. The van der Waals surface area contributed by atoms with Crippen molar-refractivity contribution >= 4 is 5.91 Å². The van der Waals surface area contributed by atoms with Gasteiger partial charge in [0.2, 0.25) is 5.91 Å². The summed E-state index contributed by atoms with van der Waals surface area (Å²) in [4.78, 5) is 14.3. The molecule has 2 aliphatic rings. The van der Waals surface area contributed by atoms with Crippen LogP contribution >= 0.6 is 0 Å². The number of hydrogen-bond donors (Lipinski definition) is 2. The molecule has 0 aromatic rings. The Morgan fingerprint density at radius 3 is 2.71 bits per heavy atom. The molecular weight excluding hydrogens is 216 g/mol. The Morgan fingerprint density at radius 1 is 1.47 bits per heavy atom. The number of piperidine rings is 1. The van der Waals surface area contributed by atoms with Crippen LogP contribution in [0.4, 0.5) is 0 Å². The van der Waals surface area contributed by atoms with Gasteiger partial charge in [-0.25, -0.2) is 0 Å². The zero-order valence-electron chi connectivity index (χ0n) is 10.9. The van der Waals surface area contributed by atoms with Crippen molar-refractivity contribution < 1.29 is 9.90 Å². The first kappa shape index (κ1) is 12.8. The van der Waals surface area contributed by atoms with Crippen molar-refractivity contribution in [2.75, 3.05) is 13.1 Å². The Bertz CT molecular complexity index is 308. The molecule has 1 aliphatic carbocycles. The van der Waals surface area contributed by atoms with E-state index in [9.17, 15) is 9.90 Å². The van der Waals surface area contributed by atoms with Gasteiger partial charge in [-0.2, -0.15) is 0 Å². The molecule has 98 valence electrons. The molecule has 4 heteroatoms. The van der Waals surface area contributed by atoms with E-state index >= 15 is 0 Å². The molecule has 2 rings (SSSR count). The number of hydrogen-bond acceptors (Lipinski definition) is 3. The third-order valence-electron chi connectivity index (χ3n) is 4.72. The van der Waals surface area contributed by atoms with E-state index in [1.165, 1.54) is 0 Å². The molecule has 3 N–H and O–H groups in total. The van der Waals surface area contributed by atoms with E-state index in [1.54, 1.807) is 0 Å². The van der Waals surface area contributed by atoms with Crippen molar-refractivity contribution in [1.82, 2.24) is 4.90 Å². The van der Waals surface area contributed by atoms with Gasteiger partial charge in [0.1, 0.15) is 0 Å². The van der Waals surface area contributed by atoms with Crippen molar-refractivity contribution in [2.45, 2.75) is 51.7 Å². The van der Waals surface area contributed by atoms with Crippen LogP contribution in [0, 0.1) is 11.3 Å². The second-order valence-electron chi connectivity index (χ2n) is 6.00. The molecule has 0 spiro atoms. The number of carbonyl (C=O) groups excluding carboxylic acids is 1. The molecule has 4 atom stereocenters. The minimum absolute atomic E-state index is 0.0218. The fourth-order valence-corrected chi connectivity index (χ4v) is 3.05. The summed E-state index contributed by atoms with van der Waals surface area (Å²) >= 11 is 0. The number of amides is 1. The van der Waals surface area contributed by atoms with Gasteiger partial charge in [-0.15, -0.1) is 0 Å². The average Bonchev–Trinajstić information content (AvgIpc) is 2.63. The lowest BCUT2D eigenvalue weighted by Gasteiger charge is -2.40. The van der Waals surface area contributed by atoms with Crippen molar-refractivity contribution in [2.24, 2.45) is 17.1 Å². The smallest absolute Gasteiger partial charge is 0.230 e. The predicted molar refractivity (Wildman–Crippen MR) is 66.3 cm³/mol. The zero-order valence-corrected chi connectivity index (χ0v) is 10.9. The maximum absolute atomic E-state index is 12.5. The highest BCUT2D eigenvalue weighted by molar-refractivity contribution is 5.83. The minimum atomic E-state index is -0.402. The lowest BCUT2D eigenvalue weighted by Crippen LogP contribution is -2.54. The Labute approximate surface area is 103 Å². The van der Waals surface area contributed by atoms with Crippen LogP contribution in [0.5, 0.6) is 0 Å². The summed E-state index contributed by atoms with van der Waals surface area (Å²) < 4.78 is 0. The maximum Gasteiger partial charge on any atom is 0.230 e. The van der Waals surface area contributed by atoms with Crippen LogP contribution in [0.15, 0.2) is 0 Å². The number of likely N-dealkylation sites (tertiary alicyclic amines) is 1. The molecule has 1 aliphatic heterocycles. The Balaban J connectivity index is 2.05. The summed E-state index contributed by atoms with van der Waals surface area (Å²) in [5.74, 6) is 0.442. The van der Waals surface area contributed by atoms with Gasteiger partial charge >= 0.3 is 0 Å². The lowest BCUT2D eigenvalue weighted by molar-refractivity contribution is -0.146. The third-order valence-corrected chi connectivity index (χ3v) is 4.72. The number of nitrogens with two attached hydrogens (primary N) is 1. The molecule has 1 amide bonds. The summed E-state index contributed by atoms with van der Waals surface area (Å²) in [7, 11) is 0. The molecule has 0 bridgehead atoms. The van der Waals surface area contributed by atoms with E-state index in [1.807, 2.05) is 18.7 Å². The highest BCUT2D eigenvalue weighted by Gasteiger charge is 2.46.